The van der Waals surface area contributed by atoms with E-state index in [1.165, 1.54) is 12.8 Å². The minimum atomic E-state index is 0.0578. The highest BCUT2D eigenvalue weighted by Gasteiger charge is 2.32. The first-order chi connectivity index (χ1) is 9.67. The Morgan fingerprint density at radius 1 is 1.35 bits per heavy atom. The fourth-order valence-corrected chi connectivity index (χ4v) is 3.50. The van der Waals surface area contributed by atoms with Gasteiger partial charge in [0.1, 0.15) is 5.69 Å². The fraction of sp³-hybridized carbons (Fsp3) is 0.667. The van der Waals surface area contributed by atoms with E-state index in [0.29, 0.717) is 6.04 Å². The number of amides is 1. The summed E-state index contributed by atoms with van der Waals surface area (Å²) in [5.41, 5.74) is 0.754. The maximum atomic E-state index is 12.4. The number of hydrogen-bond donors (Lipinski definition) is 1. The molecule has 1 saturated carbocycles. The van der Waals surface area contributed by atoms with Crippen LogP contribution in [0.3, 0.4) is 0 Å². The zero-order valence-corrected chi connectivity index (χ0v) is 13.5. The summed E-state index contributed by atoms with van der Waals surface area (Å²) in [5, 5.41) is 3.20. The molecule has 1 N–H and O–H groups in total. The second-order valence-corrected chi connectivity index (χ2v) is 6.76. The molecule has 0 aromatic carbocycles. The quantitative estimate of drug-likeness (QED) is 0.915. The van der Waals surface area contributed by atoms with Gasteiger partial charge in [-0.15, -0.1) is 0 Å². The number of carbonyl (C=O) groups is 1. The van der Waals surface area contributed by atoms with Crippen molar-refractivity contribution in [1.29, 1.82) is 0 Å². The predicted octanol–water partition coefficient (Wildman–Crippen LogP) is 2.63. The highest BCUT2D eigenvalue weighted by atomic mass is 79.9. The average Bonchev–Trinajstić information content (AvgIpc) is 3.22. The van der Waals surface area contributed by atoms with Gasteiger partial charge in [-0.3, -0.25) is 4.79 Å². The van der Waals surface area contributed by atoms with E-state index in [2.05, 4.69) is 33.1 Å². The molecule has 1 aromatic heterocycles. The summed E-state index contributed by atoms with van der Waals surface area (Å²) in [6.07, 6.45) is 6.86. The van der Waals surface area contributed by atoms with Crippen molar-refractivity contribution in [2.45, 2.75) is 51.2 Å². The van der Waals surface area contributed by atoms with Gasteiger partial charge in [0.2, 0.25) is 0 Å². The third kappa shape index (κ3) is 3.09. The van der Waals surface area contributed by atoms with E-state index in [1.54, 1.807) is 0 Å². The van der Waals surface area contributed by atoms with Gasteiger partial charge in [0.25, 0.3) is 5.91 Å². The third-order valence-electron chi connectivity index (χ3n) is 4.36. The minimum Gasteiger partial charge on any atom is -0.348 e. The summed E-state index contributed by atoms with van der Waals surface area (Å²) >= 11 is 3.44. The lowest BCUT2D eigenvalue weighted by atomic mass is 10.0. The zero-order chi connectivity index (χ0) is 14.1. The van der Waals surface area contributed by atoms with Crippen molar-refractivity contribution in [3.8, 4) is 0 Å². The monoisotopic (exact) mass is 339 g/mol. The molecule has 5 heteroatoms. The largest absolute Gasteiger partial charge is 0.348 e. The SMILES string of the molecule is CCn1cc(Br)cc1C(=O)NC1CCN(C2CC2)CC1. The molecule has 1 amide bonds. The molecule has 1 aliphatic carbocycles. The molecule has 0 atom stereocenters. The maximum Gasteiger partial charge on any atom is 0.268 e. The lowest BCUT2D eigenvalue weighted by molar-refractivity contribution is 0.0900. The maximum absolute atomic E-state index is 12.4. The zero-order valence-electron chi connectivity index (χ0n) is 11.9. The van der Waals surface area contributed by atoms with Gasteiger partial charge < -0.3 is 14.8 Å². The lowest BCUT2D eigenvalue weighted by Gasteiger charge is -2.32. The van der Waals surface area contributed by atoms with E-state index in [1.807, 2.05) is 16.8 Å². The molecule has 2 fully saturated rings. The van der Waals surface area contributed by atoms with Crippen LogP contribution in [0.5, 0.6) is 0 Å². The van der Waals surface area contributed by atoms with Crippen LogP contribution in [0.1, 0.15) is 43.1 Å². The normalized spacial score (nSPS) is 21.1. The van der Waals surface area contributed by atoms with Gasteiger partial charge in [-0.25, -0.2) is 0 Å². The Bertz CT molecular complexity index is 487. The smallest absolute Gasteiger partial charge is 0.268 e. The summed E-state index contributed by atoms with van der Waals surface area (Å²) in [6.45, 7) is 5.13. The van der Waals surface area contributed by atoms with E-state index in [4.69, 9.17) is 0 Å². The molecule has 4 nitrogen and oxygen atoms in total. The number of carbonyl (C=O) groups excluding carboxylic acids is 1. The summed E-state index contributed by atoms with van der Waals surface area (Å²) in [6, 6.07) is 3.08. The molecule has 3 rings (SSSR count). The Labute approximate surface area is 128 Å². The molecule has 2 aliphatic rings. The Hall–Kier alpha value is -0.810. The van der Waals surface area contributed by atoms with Crippen LogP contribution in [0, 0.1) is 0 Å². The van der Waals surface area contributed by atoms with Crippen LogP contribution in [0.2, 0.25) is 0 Å². The van der Waals surface area contributed by atoms with E-state index >= 15 is 0 Å². The molecular formula is C15H22BrN3O. The molecule has 0 radical (unpaired) electrons. The molecule has 0 unspecified atom stereocenters. The van der Waals surface area contributed by atoms with Crippen LogP contribution in [-0.2, 0) is 6.54 Å². The number of likely N-dealkylation sites (tertiary alicyclic amines) is 1. The number of aromatic nitrogens is 1. The van der Waals surface area contributed by atoms with Gasteiger partial charge in [-0.1, -0.05) is 0 Å². The topological polar surface area (TPSA) is 37.3 Å². The number of nitrogens with one attached hydrogen (secondary N) is 1. The number of nitrogens with zero attached hydrogens (tertiary/aromatic N) is 2. The molecule has 1 aromatic rings. The third-order valence-corrected chi connectivity index (χ3v) is 4.80. The van der Waals surface area contributed by atoms with Crippen LogP contribution in [0.15, 0.2) is 16.7 Å². The van der Waals surface area contributed by atoms with Crippen molar-refractivity contribution in [1.82, 2.24) is 14.8 Å². The molecule has 0 spiro atoms. The standard InChI is InChI=1S/C15H22BrN3O/c1-2-18-10-11(16)9-14(18)15(20)17-12-5-7-19(8-6-12)13-3-4-13/h9-10,12-13H,2-8H2,1H3,(H,17,20). The second-order valence-electron chi connectivity index (χ2n) is 5.84. The second kappa shape index (κ2) is 5.90. The van der Waals surface area contributed by atoms with Crippen LogP contribution in [-0.4, -0.2) is 40.5 Å². The van der Waals surface area contributed by atoms with Gasteiger partial charge in [0.05, 0.1) is 0 Å². The Kier molecular flexibility index (Phi) is 4.17. The number of rotatable bonds is 4. The van der Waals surface area contributed by atoms with Crippen LogP contribution >= 0.6 is 15.9 Å². The van der Waals surface area contributed by atoms with Gasteiger partial charge in [0, 0.05) is 42.4 Å². The van der Waals surface area contributed by atoms with E-state index in [0.717, 1.165) is 48.7 Å². The van der Waals surface area contributed by atoms with Crippen molar-refractivity contribution in [2.24, 2.45) is 0 Å². The van der Waals surface area contributed by atoms with Crippen LogP contribution < -0.4 is 5.32 Å². The van der Waals surface area contributed by atoms with Crippen molar-refractivity contribution < 1.29 is 4.79 Å². The molecule has 2 heterocycles. The molecule has 20 heavy (non-hydrogen) atoms. The Morgan fingerprint density at radius 3 is 2.65 bits per heavy atom. The highest BCUT2D eigenvalue weighted by Crippen LogP contribution is 2.29. The van der Waals surface area contributed by atoms with Crippen molar-refractivity contribution in [3.63, 3.8) is 0 Å². The number of piperidine rings is 1. The van der Waals surface area contributed by atoms with Gasteiger partial charge in [0.15, 0.2) is 0 Å². The molecular weight excluding hydrogens is 318 g/mol. The van der Waals surface area contributed by atoms with Crippen molar-refractivity contribution in [3.05, 3.63) is 22.4 Å². The molecule has 110 valence electrons. The summed E-state index contributed by atoms with van der Waals surface area (Å²) in [5.74, 6) is 0.0578. The number of hydrogen-bond acceptors (Lipinski definition) is 2. The average molecular weight is 340 g/mol. The van der Waals surface area contributed by atoms with Crippen LogP contribution in [0.4, 0.5) is 0 Å². The van der Waals surface area contributed by atoms with Gasteiger partial charge in [-0.05, 0) is 54.6 Å². The number of halogens is 1. The summed E-state index contributed by atoms with van der Waals surface area (Å²) in [4.78, 5) is 14.9. The Balaban J connectivity index is 1.56. The first-order valence-electron chi connectivity index (χ1n) is 7.58. The molecule has 1 aliphatic heterocycles. The molecule has 1 saturated heterocycles. The van der Waals surface area contributed by atoms with E-state index in [9.17, 15) is 4.79 Å². The van der Waals surface area contributed by atoms with Gasteiger partial charge in [-0.2, -0.15) is 0 Å². The van der Waals surface area contributed by atoms with E-state index < -0.39 is 0 Å². The molecule has 0 bridgehead atoms. The predicted molar refractivity (Wildman–Crippen MR) is 82.9 cm³/mol. The number of aryl methyl sites for hydroxylation is 1. The van der Waals surface area contributed by atoms with E-state index in [-0.39, 0.29) is 5.91 Å². The van der Waals surface area contributed by atoms with Crippen molar-refractivity contribution in [2.75, 3.05) is 13.1 Å². The highest BCUT2D eigenvalue weighted by molar-refractivity contribution is 9.10. The van der Waals surface area contributed by atoms with Crippen LogP contribution in [0.25, 0.3) is 0 Å². The van der Waals surface area contributed by atoms with Gasteiger partial charge >= 0.3 is 0 Å². The lowest BCUT2D eigenvalue weighted by Crippen LogP contribution is -2.45. The first-order valence-corrected chi connectivity index (χ1v) is 8.37. The van der Waals surface area contributed by atoms with Crippen molar-refractivity contribution >= 4 is 21.8 Å². The summed E-state index contributed by atoms with van der Waals surface area (Å²) in [7, 11) is 0. The minimum absolute atomic E-state index is 0.0578. The Morgan fingerprint density at radius 2 is 2.05 bits per heavy atom. The fourth-order valence-electron chi connectivity index (χ4n) is 3.03. The summed E-state index contributed by atoms with van der Waals surface area (Å²) < 4.78 is 2.95. The first kappa shape index (κ1) is 14.1.